The molecule has 0 saturated heterocycles. The van der Waals surface area contributed by atoms with Gasteiger partial charge in [-0.1, -0.05) is 354 Å². The molecule has 0 unspecified atom stereocenters. The lowest BCUT2D eigenvalue weighted by molar-refractivity contribution is 0.358. The van der Waals surface area contributed by atoms with E-state index >= 15 is 0 Å². The molecule has 5 heteroatoms. The molecule has 1 nitrogen and oxygen atoms in total. The summed E-state index contributed by atoms with van der Waals surface area (Å²) in [5.41, 5.74) is 16.4. The maximum Gasteiger partial charge on any atom is 0.127 e. The zero-order valence-corrected chi connectivity index (χ0v) is 67.0. The summed E-state index contributed by atoms with van der Waals surface area (Å²) in [7, 11) is 1.74. The second-order valence-electron chi connectivity index (χ2n) is 34.4. The van der Waals surface area contributed by atoms with Crippen LogP contribution in [0.3, 0.4) is 0 Å². The summed E-state index contributed by atoms with van der Waals surface area (Å²) < 4.78 is 19.8. The van der Waals surface area contributed by atoms with Crippen LogP contribution in [0.1, 0.15) is 213 Å². The van der Waals surface area contributed by atoms with Gasteiger partial charge in [0.1, 0.15) is 11.6 Å². The van der Waals surface area contributed by atoms with Gasteiger partial charge in [0.25, 0.3) is 0 Å². The van der Waals surface area contributed by atoms with E-state index in [1.54, 1.807) is 19.2 Å². The van der Waals surface area contributed by atoms with Gasteiger partial charge < -0.3 is 4.74 Å². The van der Waals surface area contributed by atoms with Gasteiger partial charge in [-0.15, -0.1) is 0 Å². The Morgan fingerprint density at radius 3 is 1.26 bits per heavy atom. The van der Waals surface area contributed by atoms with Gasteiger partial charge in [-0.2, -0.15) is 0 Å². The molecule has 0 atom stereocenters. The van der Waals surface area contributed by atoms with E-state index in [0.717, 1.165) is 47.3 Å². The van der Waals surface area contributed by atoms with Gasteiger partial charge in [0.15, 0.2) is 0 Å². The van der Waals surface area contributed by atoms with Crippen LogP contribution >= 0.6 is 39.1 Å². The van der Waals surface area contributed by atoms with E-state index in [4.69, 9.17) is 27.9 Å². The third-order valence-electron chi connectivity index (χ3n) is 15.3. The Kier molecular flexibility index (Phi) is 33.7. The van der Waals surface area contributed by atoms with Gasteiger partial charge in [-0.3, -0.25) is 0 Å². The minimum absolute atomic E-state index is 0.0613. The van der Waals surface area contributed by atoms with E-state index < -0.39 is 0 Å². The van der Waals surface area contributed by atoms with Crippen molar-refractivity contribution in [1.82, 2.24) is 0 Å². The zero-order valence-electron chi connectivity index (χ0n) is 63.9. The van der Waals surface area contributed by atoms with Gasteiger partial charge in [0.2, 0.25) is 0 Å². The van der Waals surface area contributed by atoms with Gasteiger partial charge >= 0.3 is 0 Å². The highest BCUT2D eigenvalue weighted by Gasteiger charge is 2.27. The molecule has 0 spiro atoms. The normalized spacial score (nSPS) is 11.7. The Bertz CT molecular complexity index is 3540. The maximum absolute atomic E-state index is 13.3. The average Bonchev–Trinajstić information content (AvgIpc) is 0.830. The molecule has 520 valence electrons. The van der Waals surface area contributed by atoms with E-state index in [1.807, 2.05) is 18.2 Å². The minimum atomic E-state index is -0.206. The molecule has 0 radical (unpaired) electrons. The minimum Gasteiger partial charge on any atom is -0.496 e. The fourth-order valence-corrected chi connectivity index (χ4v) is 12.1. The first-order valence-corrected chi connectivity index (χ1v) is 36.0. The lowest BCUT2D eigenvalue weighted by atomic mass is 9.73. The Morgan fingerprint density at radius 2 is 0.812 bits per heavy atom. The van der Waals surface area contributed by atoms with Crippen LogP contribution in [-0.4, -0.2) is 7.11 Å². The van der Waals surface area contributed by atoms with E-state index in [2.05, 4.69) is 352 Å². The van der Waals surface area contributed by atoms with Crippen LogP contribution in [-0.2, 0) is 38.5 Å². The molecular weight excluding hydrogens is 1280 g/mol. The summed E-state index contributed by atoms with van der Waals surface area (Å²) in [5.74, 6) is 1.25. The highest BCUT2D eigenvalue weighted by Crippen LogP contribution is 2.40. The van der Waals surface area contributed by atoms with Gasteiger partial charge in [0.05, 0.1) is 7.11 Å². The largest absolute Gasteiger partial charge is 0.496 e. The van der Waals surface area contributed by atoms with Crippen LogP contribution in [0.25, 0.3) is 10.8 Å². The van der Waals surface area contributed by atoms with Crippen LogP contribution < -0.4 is 4.74 Å². The number of rotatable bonds is 9. The molecule has 0 aromatic heterocycles. The van der Waals surface area contributed by atoms with Crippen molar-refractivity contribution in [3.63, 3.8) is 0 Å². The predicted octanol–water partition coefficient (Wildman–Crippen LogP) is 28.8. The molecule has 0 aliphatic carbocycles. The van der Waals surface area contributed by atoms with E-state index in [1.165, 1.54) is 72.5 Å². The van der Waals surface area contributed by atoms with Crippen molar-refractivity contribution in [2.75, 3.05) is 7.11 Å². The Balaban J connectivity index is 0.000000293. The maximum atomic E-state index is 13.3. The Labute approximate surface area is 604 Å². The lowest BCUT2D eigenvalue weighted by Crippen LogP contribution is -2.19. The number of methoxy groups -OCH3 is 1. The highest BCUT2D eigenvalue weighted by molar-refractivity contribution is 9.10. The lowest BCUT2D eigenvalue weighted by Gasteiger charge is -2.31. The van der Waals surface area contributed by atoms with Crippen molar-refractivity contribution in [1.29, 1.82) is 0 Å². The molecule has 0 N–H and O–H groups in total. The average molecular weight is 1400 g/mol. The van der Waals surface area contributed by atoms with Crippen molar-refractivity contribution in [2.45, 2.75) is 211 Å². The van der Waals surface area contributed by atoms with E-state index in [-0.39, 0.29) is 16.6 Å². The van der Waals surface area contributed by atoms with Crippen LogP contribution in [0.4, 0.5) is 4.39 Å². The summed E-state index contributed by atoms with van der Waals surface area (Å²) in [5, 5.41) is 4.10. The Morgan fingerprint density at radius 1 is 0.396 bits per heavy atom. The smallest absolute Gasteiger partial charge is 0.127 e. The molecule has 0 heterocycles. The molecule has 0 aliphatic rings. The number of benzene rings is 9. The van der Waals surface area contributed by atoms with Crippen LogP contribution in [0, 0.1) is 64.5 Å². The van der Waals surface area contributed by atoms with E-state index in [9.17, 15) is 4.39 Å². The summed E-state index contributed by atoms with van der Waals surface area (Å²) >= 11 is 15.2. The number of aryl methyl sites for hydroxylation is 2. The molecular formula is C91H122BrCl2FO. The fourth-order valence-electron chi connectivity index (χ4n) is 11.4. The number of ether oxygens (including phenoxy) is 1. The second kappa shape index (κ2) is 38.4. The number of halogens is 4. The zero-order chi connectivity index (χ0) is 72.5. The number of hydrogen-bond donors (Lipinski definition) is 0. The SMILES string of the molecule is CC(C)(C)C(c1ccccc1)c1ccccc1.CC(C)(C)Cc1c(F)cccc1Cl.CC(C)(C)Cc1ccc(Br)cc1.CC(C)(C)Cc1cccc(Cl)c1.CC(C)(C)Cc1cccc2ccccc12.COc1cc(CC(C)(C)C)cc(C)c1C.Cc1ccc(CC(C)(C)C)cc1. The third kappa shape index (κ3) is 35.5. The fraction of sp³-hybridized carbons (Fsp3) is 0.429. The molecule has 0 bridgehead atoms. The monoisotopic (exact) mass is 1400 g/mol. The van der Waals surface area contributed by atoms with Gasteiger partial charge in [-0.05, 0) is 201 Å². The topological polar surface area (TPSA) is 9.23 Å². The first-order chi connectivity index (χ1) is 44.3. The summed E-state index contributed by atoms with van der Waals surface area (Å²) in [6, 6.07) is 71.4. The predicted molar refractivity (Wildman–Crippen MR) is 428 cm³/mol. The quantitative estimate of drug-likeness (QED) is 0.140. The van der Waals surface area contributed by atoms with Crippen molar-refractivity contribution < 1.29 is 9.13 Å². The standard InChI is InChI=1S/C17H20.C15H18.C14H22O.C12H18.C11H15Br.C11H14ClF.C11H15Cl/c1-17(2,3)16(14-10-6-4-7-11-14)15-12-8-5-9-13-15;1-15(2,3)11-13-9-6-8-12-7-4-5-10-14(12)13;1-10-7-12(9-14(3,4)5)8-13(15-6)11(10)2;1-10-5-7-11(8-6-10)9-12(2,3)4;1-11(2,3)8-9-4-6-10(12)7-5-9;1-11(2,3)7-8-9(12)5-4-6-10(8)13;1-11(2,3)8-9-5-4-6-10(12)7-9/h4-13,16H,1-3H3;4-10H,11H2,1-3H3;7-8H,9H2,1-6H3;5-8H,9H2,1-4H3;4-7H,8H2,1-3H3;4-6H,7H2,1-3H3;4-7H,8H2,1-3H3. The summed E-state index contributed by atoms with van der Waals surface area (Å²) in [6.45, 7) is 53.4. The van der Waals surface area contributed by atoms with Crippen LogP contribution in [0.5, 0.6) is 5.75 Å². The molecule has 0 fully saturated rings. The molecule has 0 aliphatic heterocycles. The molecule has 9 aromatic carbocycles. The van der Waals surface area contributed by atoms with Crippen LogP contribution in [0.15, 0.2) is 211 Å². The van der Waals surface area contributed by atoms with Crippen molar-refractivity contribution in [3.05, 3.63) is 288 Å². The highest BCUT2D eigenvalue weighted by atomic mass is 79.9. The van der Waals surface area contributed by atoms with Gasteiger partial charge in [-0.25, -0.2) is 4.39 Å². The van der Waals surface area contributed by atoms with E-state index in [0.29, 0.717) is 50.0 Å². The van der Waals surface area contributed by atoms with Gasteiger partial charge in [0, 0.05) is 26.0 Å². The Hall–Kier alpha value is -5.97. The molecule has 0 saturated carbocycles. The van der Waals surface area contributed by atoms with Crippen molar-refractivity contribution >= 4 is 49.9 Å². The third-order valence-corrected chi connectivity index (χ3v) is 16.4. The molecule has 0 amide bonds. The number of hydrogen-bond acceptors (Lipinski definition) is 1. The molecule has 96 heavy (non-hydrogen) atoms. The second-order valence-corrected chi connectivity index (χ2v) is 36.1. The first kappa shape index (κ1) is 84.3. The summed E-state index contributed by atoms with van der Waals surface area (Å²) in [6.07, 6.45) is 6.26. The first-order valence-electron chi connectivity index (χ1n) is 34.5. The van der Waals surface area contributed by atoms with Crippen molar-refractivity contribution in [2.24, 2.45) is 37.9 Å². The number of fused-ring (bicyclic) bond motifs is 1. The van der Waals surface area contributed by atoms with Crippen molar-refractivity contribution in [3.8, 4) is 5.75 Å². The summed E-state index contributed by atoms with van der Waals surface area (Å²) in [4.78, 5) is 0. The van der Waals surface area contributed by atoms with Crippen LogP contribution in [0.2, 0.25) is 10.0 Å². The molecule has 9 aromatic rings. The molecule has 9 rings (SSSR count).